The van der Waals surface area contributed by atoms with Gasteiger partial charge in [-0.2, -0.15) is 0 Å². The number of guanidine groups is 1. The van der Waals surface area contributed by atoms with Gasteiger partial charge in [0.15, 0.2) is 5.96 Å². The standard InChI is InChI=1S/C27H23N3/c1-30(24-18-17-20-16-15-19-13-8-14-23(24)25(19)20)27(28)29-26(21-9-4-2-5-10-21)22-11-6-3-7-12-22/h2-18,26H,1H3,(H2,28,29). The zero-order chi connectivity index (χ0) is 20.5. The third kappa shape index (κ3) is 3.15. The second kappa shape index (κ2) is 7.53. The quantitative estimate of drug-likeness (QED) is 0.289. The Morgan fingerprint density at radius 1 is 0.733 bits per heavy atom. The molecule has 0 aromatic heterocycles. The number of anilines is 1. The zero-order valence-corrected chi connectivity index (χ0v) is 16.8. The lowest BCUT2D eigenvalue weighted by Gasteiger charge is -2.28. The van der Waals surface area contributed by atoms with Crippen molar-refractivity contribution in [2.45, 2.75) is 6.04 Å². The summed E-state index contributed by atoms with van der Waals surface area (Å²) >= 11 is 0. The third-order valence-electron chi connectivity index (χ3n) is 5.77. The van der Waals surface area contributed by atoms with E-state index in [1.807, 2.05) is 48.3 Å². The summed E-state index contributed by atoms with van der Waals surface area (Å²) in [6, 6.07) is 31.1. The summed E-state index contributed by atoms with van der Waals surface area (Å²) in [5.41, 5.74) is 5.77. The molecule has 0 atom stereocenters. The van der Waals surface area contributed by atoms with E-state index < -0.39 is 0 Å². The van der Waals surface area contributed by atoms with Gasteiger partial charge in [-0.1, -0.05) is 97.1 Å². The number of hydrogen-bond acceptors (Lipinski definition) is 1. The Bertz CT molecular complexity index is 1190. The van der Waals surface area contributed by atoms with Gasteiger partial charge in [0.1, 0.15) is 0 Å². The van der Waals surface area contributed by atoms with Crippen molar-refractivity contribution in [3.05, 3.63) is 113 Å². The molecule has 0 saturated carbocycles. The molecule has 0 bridgehead atoms. The number of rotatable bonds is 4. The Hall–Kier alpha value is -3.85. The summed E-state index contributed by atoms with van der Waals surface area (Å²) in [5, 5.41) is 14.7. The Morgan fingerprint density at radius 2 is 1.33 bits per heavy atom. The van der Waals surface area contributed by atoms with Crippen LogP contribution in [0.2, 0.25) is 0 Å². The van der Waals surface area contributed by atoms with Crippen molar-refractivity contribution in [1.82, 2.24) is 5.32 Å². The second-order valence-electron chi connectivity index (χ2n) is 7.58. The van der Waals surface area contributed by atoms with E-state index in [1.54, 1.807) is 0 Å². The topological polar surface area (TPSA) is 39.1 Å². The van der Waals surface area contributed by atoms with Gasteiger partial charge in [-0.15, -0.1) is 0 Å². The van der Waals surface area contributed by atoms with E-state index in [2.05, 4.69) is 72.1 Å². The third-order valence-corrected chi connectivity index (χ3v) is 5.77. The van der Waals surface area contributed by atoms with Crippen LogP contribution in [0.15, 0.2) is 91.0 Å². The van der Waals surface area contributed by atoms with Gasteiger partial charge in [-0.25, -0.2) is 0 Å². The van der Waals surface area contributed by atoms with Crippen LogP contribution in [0.3, 0.4) is 0 Å². The Labute approximate surface area is 176 Å². The van der Waals surface area contributed by atoms with Gasteiger partial charge >= 0.3 is 0 Å². The molecule has 5 rings (SSSR count). The van der Waals surface area contributed by atoms with Gasteiger partial charge < -0.3 is 10.2 Å². The minimum absolute atomic E-state index is 0.0965. The van der Waals surface area contributed by atoms with Crippen LogP contribution in [0.25, 0.3) is 22.9 Å². The van der Waals surface area contributed by atoms with E-state index in [0.29, 0.717) is 5.96 Å². The first-order valence-electron chi connectivity index (χ1n) is 10.1. The normalized spacial score (nSPS) is 11.8. The summed E-state index contributed by atoms with van der Waals surface area (Å²) < 4.78 is 0. The highest BCUT2D eigenvalue weighted by molar-refractivity contribution is 6.12. The molecule has 146 valence electrons. The van der Waals surface area contributed by atoms with E-state index in [0.717, 1.165) is 16.8 Å². The first-order valence-corrected chi connectivity index (χ1v) is 10.1. The lowest BCUT2D eigenvalue weighted by molar-refractivity contribution is 0.747. The van der Waals surface area contributed by atoms with Gasteiger partial charge in [0, 0.05) is 12.4 Å². The maximum Gasteiger partial charge on any atom is 0.196 e. The van der Waals surface area contributed by atoms with Crippen LogP contribution in [0.1, 0.15) is 28.3 Å². The molecule has 0 heterocycles. The van der Waals surface area contributed by atoms with Crippen molar-refractivity contribution in [3.8, 4) is 0 Å². The SMILES string of the molecule is CN(C(=N)NC(c1ccccc1)c1ccccc1)c1ccc2c3c(cccc13)C=C2. The molecular formula is C27H23N3. The monoisotopic (exact) mass is 389 g/mol. The van der Waals surface area contributed by atoms with Crippen LogP contribution in [0, 0.1) is 5.41 Å². The van der Waals surface area contributed by atoms with Gasteiger partial charge in [-0.3, -0.25) is 5.41 Å². The van der Waals surface area contributed by atoms with E-state index in [1.165, 1.54) is 21.9 Å². The highest BCUT2D eigenvalue weighted by Gasteiger charge is 2.20. The lowest BCUT2D eigenvalue weighted by atomic mass is 9.99. The number of benzene rings is 4. The molecule has 0 aliphatic heterocycles. The van der Waals surface area contributed by atoms with Crippen molar-refractivity contribution in [2.24, 2.45) is 0 Å². The Morgan fingerprint density at radius 3 is 1.97 bits per heavy atom. The fourth-order valence-electron chi connectivity index (χ4n) is 4.20. The van der Waals surface area contributed by atoms with Crippen molar-refractivity contribution in [2.75, 3.05) is 11.9 Å². The highest BCUT2D eigenvalue weighted by atomic mass is 15.3. The molecule has 30 heavy (non-hydrogen) atoms. The smallest absolute Gasteiger partial charge is 0.196 e. The molecule has 0 unspecified atom stereocenters. The molecule has 0 amide bonds. The number of nitrogens with one attached hydrogen (secondary N) is 2. The van der Waals surface area contributed by atoms with Gasteiger partial charge in [-0.05, 0) is 33.7 Å². The van der Waals surface area contributed by atoms with Crippen LogP contribution in [-0.2, 0) is 0 Å². The summed E-state index contributed by atoms with van der Waals surface area (Å²) in [5.74, 6) is 0.361. The Balaban J connectivity index is 1.49. The Kier molecular flexibility index (Phi) is 4.56. The average molecular weight is 390 g/mol. The molecule has 0 spiro atoms. The highest BCUT2D eigenvalue weighted by Crippen LogP contribution is 2.36. The molecule has 4 aromatic rings. The van der Waals surface area contributed by atoms with Crippen molar-refractivity contribution < 1.29 is 0 Å². The van der Waals surface area contributed by atoms with Crippen molar-refractivity contribution >= 4 is 34.6 Å². The molecule has 1 aliphatic rings. The first-order chi connectivity index (χ1) is 14.7. The van der Waals surface area contributed by atoms with Crippen molar-refractivity contribution in [3.63, 3.8) is 0 Å². The molecule has 3 heteroatoms. The van der Waals surface area contributed by atoms with Crippen LogP contribution in [0.4, 0.5) is 5.69 Å². The first kappa shape index (κ1) is 18.2. The molecule has 0 saturated heterocycles. The minimum Gasteiger partial charge on any atom is -0.345 e. The van der Waals surface area contributed by atoms with E-state index in [-0.39, 0.29) is 6.04 Å². The zero-order valence-electron chi connectivity index (χ0n) is 16.8. The fourth-order valence-corrected chi connectivity index (χ4v) is 4.20. The fraction of sp³-hybridized carbons (Fsp3) is 0.0741. The minimum atomic E-state index is -0.0965. The van der Waals surface area contributed by atoms with E-state index >= 15 is 0 Å². The maximum atomic E-state index is 8.86. The molecule has 0 fully saturated rings. The lowest BCUT2D eigenvalue weighted by Crippen LogP contribution is -2.40. The number of hydrogen-bond donors (Lipinski definition) is 2. The van der Waals surface area contributed by atoms with Gasteiger partial charge in [0.25, 0.3) is 0 Å². The van der Waals surface area contributed by atoms with Crippen LogP contribution in [-0.4, -0.2) is 13.0 Å². The average Bonchev–Trinajstić information content (AvgIpc) is 3.23. The summed E-state index contributed by atoms with van der Waals surface area (Å²) in [6.45, 7) is 0. The summed E-state index contributed by atoms with van der Waals surface area (Å²) in [7, 11) is 1.95. The molecule has 2 N–H and O–H groups in total. The van der Waals surface area contributed by atoms with Crippen LogP contribution in [0.5, 0.6) is 0 Å². The molecule has 4 aromatic carbocycles. The summed E-state index contributed by atoms with van der Waals surface area (Å²) in [4.78, 5) is 1.93. The van der Waals surface area contributed by atoms with E-state index in [4.69, 9.17) is 5.41 Å². The van der Waals surface area contributed by atoms with E-state index in [9.17, 15) is 0 Å². The second-order valence-corrected chi connectivity index (χ2v) is 7.58. The predicted molar refractivity (Wildman–Crippen MR) is 127 cm³/mol. The molecule has 3 nitrogen and oxygen atoms in total. The van der Waals surface area contributed by atoms with Gasteiger partial charge in [0.2, 0.25) is 0 Å². The molecule has 0 radical (unpaired) electrons. The largest absolute Gasteiger partial charge is 0.345 e. The van der Waals surface area contributed by atoms with Crippen LogP contribution >= 0.6 is 0 Å². The van der Waals surface area contributed by atoms with Gasteiger partial charge in [0.05, 0.1) is 11.7 Å². The number of nitrogens with zero attached hydrogens (tertiary/aromatic N) is 1. The maximum absolute atomic E-state index is 8.86. The van der Waals surface area contributed by atoms with Crippen molar-refractivity contribution in [1.29, 1.82) is 5.41 Å². The predicted octanol–water partition coefficient (Wildman–Crippen LogP) is 6.07. The molecular weight excluding hydrogens is 366 g/mol. The summed E-state index contributed by atoms with van der Waals surface area (Å²) in [6.07, 6.45) is 4.32. The molecule has 1 aliphatic carbocycles. The van der Waals surface area contributed by atoms with Crippen LogP contribution < -0.4 is 10.2 Å².